The van der Waals surface area contributed by atoms with Gasteiger partial charge in [-0.3, -0.25) is 14.6 Å². The van der Waals surface area contributed by atoms with Crippen molar-refractivity contribution in [3.8, 4) is 0 Å². The Bertz CT molecular complexity index is 727. The quantitative estimate of drug-likeness (QED) is 0.752. The molecule has 2 unspecified atom stereocenters. The molecule has 4 heteroatoms. The van der Waals surface area contributed by atoms with Gasteiger partial charge in [0.1, 0.15) is 0 Å². The van der Waals surface area contributed by atoms with E-state index in [1.807, 2.05) is 24.3 Å². The molecule has 0 radical (unpaired) electrons. The van der Waals surface area contributed by atoms with Crippen molar-refractivity contribution in [3.63, 3.8) is 0 Å². The van der Waals surface area contributed by atoms with Gasteiger partial charge >= 0.3 is 0 Å². The first-order valence-corrected chi connectivity index (χ1v) is 7.13. The fraction of sp³-hybridized carbons (Fsp3) is 0.235. The lowest BCUT2D eigenvalue weighted by atomic mass is 9.77. The molecular formula is C17H14N2O2. The number of benzene rings is 1. The van der Waals surface area contributed by atoms with Gasteiger partial charge in [-0.15, -0.1) is 0 Å². The fourth-order valence-corrected chi connectivity index (χ4v) is 3.45. The van der Waals surface area contributed by atoms with E-state index < -0.39 is 0 Å². The molecule has 2 aliphatic rings. The SMILES string of the molecule is O=C1C2CCc3ccncc3C2C(=O)N1c1ccccc1. The summed E-state index contributed by atoms with van der Waals surface area (Å²) >= 11 is 0. The van der Waals surface area contributed by atoms with Crippen LogP contribution in [0.3, 0.4) is 0 Å². The van der Waals surface area contributed by atoms with Gasteiger partial charge in [0.15, 0.2) is 0 Å². The topological polar surface area (TPSA) is 50.3 Å². The Labute approximate surface area is 122 Å². The van der Waals surface area contributed by atoms with Crippen molar-refractivity contribution in [2.24, 2.45) is 5.92 Å². The molecule has 4 nitrogen and oxygen atoms in total. The number of aryl methyl sites for hydroxylation is 1. The van der Waals surface area contributed by atoms with E-state index in [1.165, 1.54) is 4.90 Å². The van der Waals surface area contributed by atoms with Gasteiger partial charge in [-0.05, 0) is 42.2 Å². The van der Waals surface area contributed by atoms with E-state index in [1.54, 1.807) is 24.5 Å². The number of carbonyl (C=O) groups excluding carboxylic acids is 2. The number of imide groups is 1. The van der Waals surface area contributed by atoms with Crippen LogP contribution in [0.4, 0.5) is 5.69 Å². The van der Waals surface area contributed by atoms with Crippen molar-refractivity contribution in [2.45, 2.75) is 18.8 Å². The number of hydrogen-bond acceptors (Lipinski definition) is 3. The van der Waals surface area contributed by atoms with E-state index in [0.29, 0.717) is 5.69 Å². The van der Waals surface area contributed by atoms with Crippen LogP contribution in [0.25, 0.3) is 0 Å². The second-order valence-corrected chi connectivity index (χ2v) is 5.54. The summed E-state index contributed by atoms with van der Waals surface area (Å²) in [6.07, 6.45) is 5.05. The zero-order valence-electron chi connectivity index (χ0n) is 11.4. The minimum absolute atomic E-state index is 0.0781. The highest BCUT2D eigenvalue weighted by Crippen LogP contribution is 2.44. The number of fused-ring (bicyclic) bond motifs is 3. The fourth-order valence-electron chi connectivity index (χ4n) is 3.45. The highest BCUT2D eigenvalue weighted by Gasteiger charge is 2.50. The summed E-state index contributed by atoms with van der Waals surface area (Å²) in [5.74, 6) is -0.805. The Morgan fingerprint density at radius 2 is 1.86 bits per heavy atom. The molecule has 1 aromatic carbocycles. The van der Waals surface area contributed by atoms with Crippen LogP contribution in [-0.2, 0) is 16.0 Å². The lowest BCUT2D eigenvalue weighted by Gasteiger charge is -2.23. The van der Waals surface area contributed by atoms with Crippen molar-refractivity contribution in [2.75, 3.05) is 4.90 Å². The molecule has 1 aliphatic heterocycles. The second-order valence-electron chi connectivity index (χ2n) is 5.54. The molecule has 4 rings (SSSR count). The summed E-state index contributed by atoms with van der Waals surface area (Å²) in [7, 11) is 0. The Morgan fingerprint density at radius 3 is 2.67 bits per heavy atom. The number of para-hydroxylation sites is 1. The number of amides is 2. The molecule has 0 spiro atoms. The summed E-state index contributed by atoms with van der Waals surface area (Å²) in [6, 6.07) is 11.1. The highest BCUT2D eigenvalue weighted by atomic mass is 16.2. The Morgan fingerprint density at radius 1 is 1.05 bits per heavy atom. The minimum Gasteiger partial charge on any atom is -0.274 e. The molecule has 1 aromatic heterocycles. The smallest absolute Gasteiger partial charge is 0.242 e. The average molecular weight is 278 g/mol. The Balaban J connectivity index is 1.81. The maximum Gasteiger partial charge on any atom is 0.242 e. The third-order valence-electron chi connectivity index (χ3n) is 4.45. The van der Waals surface area contributed by atoms with Crippen LogP contribution in [0.15, 0.2) is 48.8 Å². The molecule has 2 atom stereocenters. The van der Waals surface area contributed by atoms with Crippen molar-refractivity contribution in [1.82, 2.24) is 4.98 Å². The first kappa shape index (κ1) is 12.3. The predicted molar refractivity (Wildman–Crippen MR) is 77.7 cm³/mol. The summed E-state index contributed by atoms with van der Waals surface area (Å²) in [6.45, 7) is 0. The predicted octanol–water partition coefficient (Wildman–Crippen LogP) is 2.30. The number of anilines is 1. The number of aromatic nitrogens is 1. The van der Waals surface area contributed by atoms with Crippen LogP contribution in [0.2, 0.25) is 0 Å². The molecule has 0 bridgehead atoms. The third-order valence-corrected chi connectivity index (χ3v) is 4.45. The Hall–Kier alpha value is -2.49. The zero-order chi connectivity index (χ0) is 14.4. The van der Waals surface area contributed by atoms with Gasteiger partial charge < -0.3 is 0 Å². The second kappa shape index (κ2) is 4.52. The minimum atomic E-state index is -0.366. The van der Waals surface area contributed by atoms with E-state index in [0.717, 1.165) is 24.0 Å². The third kappa shape index (κ3) is 1.72. The monoisotopic (exact) mass is 278 g/mol. The summed E-state index contributed by atoms with van der Waals surface area (Å²) in [5, 5.41) is 0. The first-order chi connectivity index (χ1) is 10.3. The molecule has 2 heterocycles. The van der Waals surface area contributed by atoms with Gasteiger partial charge in [-0.1, -0.05) is 18.2 Å². The van der Waals surface area contributed by atoms with Crippen molar-refractivity contribution < 1.29 is 9.59 Å². The molecule has 1 fully saturated rings. The molecule has 2 amide bonds. The average Bonchev–Trinajstić information content (AvgIpc) is 2.80. The number of pyridine rings is 1. The van der Waals surface area contributed by atoms with Crippen LogP contribution in [-0.4, -0.2) is 16.8 Å². The number of hydrogen-bond donors (Lipinski definition) is 0. The summed E-state index contributed by atoms with van der Waals surface area (Å²) in [4.78, 5) is 30.9. The van der Waals surface area contributed by atoms with Crippen molar-refractivity contribution in [3.05, 3.63) is 59.9 Å². The van der Waals surface area contributed by atoms with Crippen LogP contribution < -0.4 is 4.90 Å². The molecule has 1 aliphatic carbocycles. The molecule has 1 saturated heterocycles. The van der Waals surface area contributed by atoms with Crippen molar-refractivity contribution in [1.29, 1.82) is 0 Å². The largest absolute Gasteiger partial charge is 0.274 e. The molecule has 2 aromatic rings. The van der Waals surface area contributed by atoms with Gasteiger partial charge in [0.05, 0.1) is 17.5 Å². The van der Waals surface area contributed by atoms with Gasteiger partial charge in [-0.2, -0.15) is 0 Å². The van der Waals surface area contributed by atoms with Crippen LogP contribution in [0.5, 0.6) is 0 Å². The maximum atomic E-state index is 12.8. The van der Waals surface area contributed by atoms with E-state index in [9.17, 15) is 9.59 Å². The van der Waals surface area contributed by atoms with E-state index in [2.05, 4.69) is 4.98 Å². The Kier molecular flexibility index (Phi) is 2.64. The number of nitrogens with zero attached hydrogens (tertiary/aromatic N) is 2. The van der Waals surface area contributed by atoms with E-state index in [-0.39, 0.29) is 23.7 Å². The molecule has 0 saturated carbocycles. The standard InChI is InChI=1S/C17H14N2O2/c20-16-13-7-6-11-8-9-18-10-14(11)15(13)17(21)19(16)12-4-2-1-3-5-12/h1-5,8-10,13,15H,6-7H2. The molecule has 104 valence electrons. The van der Waals surface area contributed by atoms with Gasteiger partial charge in [-0.25, -0.2) is 4.90 Å². The molecule has 21 heavy (non-hydrogen) atoms. The lowest BCUT2D eigenvalue weighted by molar-refractivity contribution is -0.122. The van der Waals surface area contributed by atoms with E-state index >= 15 is 0 Å². The summed E-state index contributed by atoms with van der Waals surface area (Å²) < 4.78 is 0. The zero-order valence-corrected chi connectivity index (χ0v) is 11.4. The maximum absolute atomic E-state index is 12.8. The molecule has 0 N–H and O–H groups in total. The molecular weight excluding hydrogens is 264 g/mol. The number of rotatable bonds is 1. The van der Waals surface area contributed by atoms with Gasteiger partial charge in [0.25, 0.3) is 0 Å². The van der Waals surface area contributed by atoms with E-state index in [4.69, 9.17) is 0 Å². The number of carbonyl (C=O) groups is 2. The normalized spacial score (nSPS) is 23.9. The lowest BCUT2D eigenvalue weighted by Crippen LogP contribution is -2.30. The van der Waals surface area contributed by atoms with Crippen LogP contribution in [0, 0.1) is 5.92 Å². The van der Waals surface area contributed by atoms with Crippen molar-refractivity contribution >= 4 is 17.5 Å². The summed E-state index contributed by atoms with van der Waals surface area (Å²) in [5.41, 5.74) is 2.72. The van der Waals surface area contributed by atoms with Gasteiger partial charge in [0.2, 0.25) is 11.8 Å². The first-order valence-electron chi connectivity index (χ1n) is 7.13. The van der Waals surface area contributed by atoms with Gasteiger partial charge in [0, 0.05) is 12.4 Å². The highest BCUT2D eigenvalue weighted by molar-refractivity contribution is 6.24. The van der Waals surface area contributed by atoms with Crippen LogP contribution in [0.1, 0.15) is 23.5 Å². The van der Waals surface area contributed by atoms with Crippen LogP contribution >= 0.6 is 0 Å².